The Morgan fingerprint density at radius 1 is 0.966 bits per heavy atom. The maximum absolute atomic E-state index is 13.1. The van der Waals surface area contributed by atoms with Gasteiger partial charge in [-0.3, -0.25) is 19.4 Å². The molecule has 0 radical (unpaired) electrons. The van der Waals surface area contributed by atoms with Crippen LogP contribution in [0.2, 0.25) is 0 Å². The molecule has 2 aliphatic heterocycles. The van der Waals surface area contributed by atoms with E-state index in [-0.39, 0.29) is 36.5 Å². The number of aromatic nitrogens is 1. The molecule has 0 N–H and O–H groups in total. The van der Waals surface area contributed by atoms with Gasteiger partial charge < -0.3 is 14.7 Å². The Kier molecular flexibility index (Phi) is 5.24. The van der Waals surface area contributed by atoms with Crippen LogP contribution in [-0.4, -0.2) is 65.2 Å². The molecular formula is C21H21FN4O3. The predicted molar refractivity (Wildman–Crippen MR) is 104 cm³/mol. The maximum Gasteiger partial charge on any atom is 0.272 e. The lowest BCUT2D eigenvalue weighted by Gasteiger charge is -2.35. The smallest absolute Gasteiger partial charge is 0.272 e. The van der Waals surface area contributed by atoms with Crippen LogP contribution in [0.15, 0.2) is 48.7 Å². The Bertz CT molecular complexity index is 911. The average molecular weight is 396 g/mol. The van der Waals surface area contributed by atoms with E-state index in [1.807, 2.05) is 0 Å². The summed E-state index contributed by atoms with van der Waals surface area (Å²) in [5.74, 6) is -1.15. The molecule has 0 unspecified atom stereocenters. The van der Waals surface area contributed by atoms with E-state index in [0.29, 0.717) is 37.6 Å². The molecule has 1 aromatic heterocycles. The topological polar surface area (TPSA) is 73.8 Å². The fraction of sp³-hybridized carbons (Fsp3) is 0.333. The van der Waals surface area contributed by atoms with Crippen molar-refractivity contribution in [2.24, 2.45) is 5.92 Å². The van der Waals surface area contributed by atoms with Crippen molar-refractivity contribution >= 4 is 23.4 Å². The van der Waals surface area contributed by atoms with E-state index in [2.05, 4.69) is 4.98 Å². The number of hydrogen-bond acceptors (Lipinski definition) is 4. The Morgan fingerprint density at radius 2 is 1.66 bits per heavy atom. The van der Waals surface area contributed by atoms with Crippen LogP contribution < -0.4 is 4.90 Å². The minimum atomic E-state index is -0.425. The summed E-state index contributed by atoms with van der Waals surface area (Å²) in [6.45, 7) is 2.01. The second-order valence-electron chi connectivity index (χ2n) is 7.21. The van der Waals surface area contributed by atoms with E-state index >= 15 is 0 Å². The SMILES string of the molecule is O=C(c1ccccn1)N1CCN(C(=O)[C@@H]2CC(=O)N(c3ccc(F)cc3)C2)CC1. The van der Waals surface area contributed by atoms with Crippen molar-refractivity contribution in [3.8, 4) is 0 Å². The highest BCUT2D eigenvalue weighted by Crippen LogP contribution is 2.27. The third kappa shape index (κ3) is 3.96. The first-order chi connectivity index (χ1) is 14.0. The monoisotopic (exact) mass is 396 g/mol. The molecule has 0 aliphatic carbocycles. The largest absolute Gasteiger partial charge is 0.339 e. The molecule has 8 heteroatoms. The van der Waals surface area contributed by atoms with Gasteiger partial charge in [-0.2, -0.15) is 0 Å². The zero-order valence-electron chi connectivity index (χ0n) is 15.8. The summed E-state index contributed by atoms with van der Waals surface area (Å²) < 4.78 is 13.1. The molecule has 3 amide bonds. The van der Waals surface area contributed by atoms with Gasteiger partial charge in [0, 0.05) is 51.0 Å². The maximum atomic E-state index is 13.1. The third-order valence-corrected chi connectivity index (χ3v) is 5.38. The van der Waals surface area contributed by atoms with Gasteiger partial charge in [-0.25, -0.2) is 4.39 Å². The van der Waals surface area contributed by atoms with Gasteiger partial charge in [-0.15, -0.1) is 0 Å². The summed E-state index contributed by atoms with van der Waals surface area (Å²) in [7, 11) is 0. The first kappa shape index (κ1) is 19.0. The zero-order valence-corrected chi connectivity index (χ0v) is 15.8. The Balaban J connectivity index is 1.34. The molecule has 0 spiro atoms. The predicted octanol–water partition coefficient (Wildman–Crippen LogP) is 1.56. The second kappa shape index (κ2) is 7.98. The van der Waals surface area contributed by atoms with Crippen LogP contribution in [0.3, 0.4) is 0 Å². The summed E-state index contributed by atoms with van der Waals surface area (Å²) >= 11 is 0. The van der Waals surface area contributed by atoms with Crippen LogP contribution >= 0.6 is 0 Å². The summed E-state index contributed by atoms with van der Waals surface area (Å²) in [6, 6.07) is 10.9. The Morgan fingerprint density at radius 3 is 2.31 bits per heavy atom. The van der Waals surface area contributed by atoms with E-state index in [0.717, 1.165) is 0 Å². The van der Waals surface area contributed by atoms with Crippen molar-refractivity contribution < 1.29 is 18.8 Å². The Hall–Kier alpha value is -3.29. The van der Waals surface area contributed by atoms with E-state index in [1.165, 1.54) is 17.0 Å². The third-order valence-electron chi connectivity index (χ3n) is 5.38. The van der Waals surface area contributed by atoms with Crippen molar-refractivity contribution in [1.82, 2.24) is 14.8 Å². The number of hydrogen-bond donors (Lipinski definition) is 0. The van der Waals surface area contributed by atoms with Crippen LogP contribution in [0, 0.1) is 11.7 Å². The molecule has 0 bridgehead atoms. The standard InChI is InChI=1S/C21H21FN4O3/c22-16-4-6-17(7-5-16)26-14-15(13-19(26)27)20(28)24-9-11-25(12-10-24)21(29)18-3-1-2-8-23-18/h1-8,15H,9-14H2/t15-/m1/s1. The normalized spacial score (nSPS) is 19.6. The van der Waals surface area contributed by atoms with Crippen LogP contribution in [0.25, 0.3) is 0 Å². The average Bonchev–Trinajstić information content (AvgIpc) is 3.15. The van der Waals surface area contributed by atoms with Crippen molar-refractivity contribution in [2.45, 2.75) is 6.42 Å². The number of piperazine rings is 1. The lowest BCUT2D eigenvalue weighted by Crippen LogP contribution is -2.52. The molecular weight excluding hydrogens is 375 g/mol. The van der Waals surface area contributed by atoms with Crippen molar-refractivity contribution in [2.75, 3.05) is 37.6 Å². The minimum Gasteiger partial charge on any atom is -0.339 e. The first-order valence-corrected chi connectivity index (χ1v) is 9.58. The van der Waals surface area contributed by atoms with E-state index in [9.17, 15) is 18.8 Å². The quantitative estimate of drug-likeness (QED) is 0.789. The molecule has 0 saturated carbocycles. The van der Waals surface area contributed by atoms with Crippen LogP contribution in [-0.2, 0) is 9.59 Å². The van der Waals surface area contributed by atoms with Crippen LogP contribution in [0.5, 0.6) is 0 Å². The number of carbonyl (C=O) groups is 3. The summed E-state index contributed by atoms with van der Waals surface area (Å²) in [5, 5.41) is 0. The molecule has 29 heavy (non-hydrogen) atoms. The van der Waals surface area contributed by atoms with Gasteiger partial charge in [0.2, 0.25) is 11.8 Å². The molecule has 2 aliphatic rings. The zero-order chi connectivity index (χ0) is 20.4. The van der Waals surface area contributed by atoms with E-state index < -0.39 is 5.92 Å². The molecule has 3 heterocycles. The molecule has 7 nitrogen and oxygen atoms in total. The lowest BCUT2D eigenvalue weighted by atomic mass is 10.1. The minimum absolute atomic E-state index is 0.0760. The number of benzene rings is 1. The highest BCUT2D eigenvalue weighted by atomic mass is 19.1. The number of halogens is 1. The number of nitrogens with zero attached hydrogens (tertiary/aromatic N) is 4. The lowest BCUT2D eigenvalue weighted by molar-refractivity contribution is -0.137. The molecule has 2 aromatic rings. The fourth-order valence-corrected chi connectivity index (χ4v) is 3.78. The molecule has 150 valence electrons. The first-order valence-electron chi connectivity index (χ1n) is 9.58. The van der Waals surface area contributed by atoms with Crippen LogP contribution in [0.4, 0.5) is 10.1 Å². The molecule has 2 fully saturated rings. The van der Waals surface area contributed by atoms with Crippen molar-refractivity contribution in [3.05, 3.63) is 60.2 Å². The summed E-state index contributed by atoms with van der Waals surface area (Å²) in [4.78, 5) is 46.8. The molecule has 4 rings (SSSR count). The summed E-state index contributed by atoms with van der Waals surface area (Å²) in [5.41, 5.74) is 0.987. The highest BCUT2D eigenvalue weighted by molar-refractivity contribution is 6.00. The van der Waals surface area contributed by atoms with Gasteiger partial charge in [0.1, 0.15) is 11.5 Å². The van der Waals surface area contributed by atoms with Gasteiger partial charge in [0.25, 0.3) is 5.91 Å². The number of anilines is 1. The van der Waals surface area contributed by atoms with Crippen LogP contribution in [0.1, 0.15) is 16.9 Å². The number of rotatable bonds is 3. The van der Waals surface area contributed by atoms with Gasteiger partial charge in [-0.05, 0) is 36.4 Å². The number of amides is 3. The van der Waals surface area contributed by atoms with E-state index in [4.69, 9.17) is 0 Å². The van der Waals surface area contributed by atoms with Gasteiger partial charge in [0.15, 0.2) is 0 Å². The molecule has 1 atom stereocenters. The second-order valence-corrected chi connectivity index (χ2v) is 7.21. The summed E-state index contributed by atoms with van der Waals surface area (Å²) in [6.07, 6.45) is 1.72. The van der Waals surface area contributed by atoms with Gasteiger partial charge >= 0.3 is 0 Å². The highest BCUT2D eigenvalue weighted by Gasteiger charge is 2.38. The van der Waals surface area contributed by atoms with E-state index in [1.54, 1.807) is 46.3 Å². The molecule has 1 aromatic carbocycles. The number of pyridine rings is 1. The molecule has 2 saturated heterocycles. The number of carbonyl (C=O) groups excluding carboxylic acids is 3. The van der Waals surface area contributed by atoms with Crippen molar-refractivity contribution in [3.63, 3.8) is 0 Å². The van der Waals surface area contributed by atoms with Crippen molar-refractivity contribution in [1.29, 1.82) is 0 Å². The van der Waals surface area contributed by atoms with Gasteiger partial charge in [0.05, 0.1) is 5.92 Å². The Labute approximate surface area is 167 Å². The van der Waals surface area contributed by atoms with Gasteiger partial charge in [-0.1, -0.05) is 6.07 Å². The fourth-order valence-electron chi connectivity index (χ4n) is 3.78.